The highest BCUT2D eigenvalue weighted by atomic mass is 79.9. The van der Waals surface area contributed by atoms with Gasteiger partial charge < -0.3 is 4.98 Å². The van der Waals surface area contributed by atoms with E-state index in [9.17, 15) is 14.9 Å². The molecule has 98 valence electrons. The number of nitro groups is 1. The van der Waals surface area contributed by atoms with Crippen LogP contribution in [0, 0.1) is 24.0 Å². The van der Waals surface area contributed by atoms with Gasteiger partial charge in [-0.15, -0.1) is 0 Å². The molecule has 0 aliphatic carbocycles. The number of benzene rings is 1. The number of hydrogen-bond acceptors (Lipinski definition) is 3. The number of rotatable bonds is 2. The van der Waals surface area contributed by atoms with E-state index in [0.29, 0.717) is 10.0 Å². The van der Waals surface area contributed by atoms with Crippen LogP contribution in [-0.4, -0.2) is 9.91 Å². The van der Waals surface area contributed by atoms with Crippen LogP contribution in [0.1, 0.15) is 11.1 Å². The maximum Gasteiger partial charge on any atom is 0.272 e. The van der Waals surface area contributed by atoms with Gasteiger partial charge in [0.1, 0.15) is 0 Å². The van der Waals surface area contributed by atoms with Gasteiger partial charge in [-0.2, -0.15) is 0 Å². The highest BCUT2D eigenvalue weighted by Crippen LogP contribution is 2.32. The van der Waals surface area contributed by atoms with Crippen molar-refractivity contribution in [2.45, 2.75) is 13.8 Å². The van der Waals surface area contributed by atoms with Crippen molar-refractivity contribution in [2.24, 2.45) is 0 Å². The minimum absolute atomic E-state index is 0.0687. The van der Waals surface area contributed by atoms with Crippen LogP contribution >= 0.6 is 15.9 Å². The largest absolute Gasteiger partial charge is 0.328 e. The van der Waals surface area contributed by atoms with Crippen LogP contribution in [0.2, 0.25) is 0 Å². The number of aromatic nitrogens is 1. The van der Waals surface area contributed by atoms with Crippen molar-refractivity contribution in [1.29, 1.82) is 0 Å². The van der Waals surface area contributed by atoms with Crippen LogP contribution in [-0.2, 0) is 0 Å². The molecular formula is C13H11BrN2O3. The molecule has 2 aromatic rings. The van der Waals surface area contributed by atoms with E-state index in [-0.39, 0.29) is 11.2 Å². The summed E-state index contributed by atoms with van der Waals surface area (Å²) >= 11 is 3.22. The minimum atomic E-state index is -0.408. The van der Waals surface area contributed by atoms with Crippen LogP contribution in [0.25, 0.3) is 11.1 Å². The first-order valence-corrected chi connectivity index (χ1v) is 6.35. The van der Waals surface area contributed by atoms with Crippen molar-refractivity contribution in [3.05, 3.63) is 60.5 Å². The molecule has 6 heteroatoms. The fourth-order valence-electron chi connectivity index (χ4n) is 1.99. The van der Waals surface area contributed by atoms with Gasteiger partial charge in [0.2, 0.25) is 0 Å². The summed E-state index contributed by atoms with van der Waals surface area (Å²) in [7, 11) is 0. The monoisotopic (exact) mass is 322 g/mol. The molecule has 0 bridgehead atoms. The summed E-state index contributed by atoms with van der Waals surface area (Å²) in [6.07, 6.45) is 1.58. The van der Waals surface area contributed by atoms with Crippen LogP contribution in [0.4, 0.5) is 5.69 Å². The van der Waals surface area contributed by atoms with E-state index in [1.54, 1.807) is 32.2 Å². The quantitative estimate of drug-likeness (QED) is 0.680. The Morgan fingerprint density at radius 1 is 1.21 bits per heavy atom. The molecular weight excluding hydrogens is 312 g/mol. The van der Waals surface area contributed by atoms with E-state index in [1.165, 1.54) is 6.07 Å². The molecule has 0 aliphatic heterocycles. The van der Waals surface area contributed by atoms with Crippen molar-refractivity contribution in [2.75, 3.05) is 0 Å². The van der Waals surface area contributed by atoms with Gasteiger partial charge in [0.25, 0.3) is 11.2 Å². The van der Waals surface area contributed by atoms with Crippen molar-refractivity contribution < 1.29 is 4.92 Å². The third-order valence-corrected chi connectivity index (χ3v) is 4.03. The van der Waals surface area contributed by atoms with Gasteiger partial charge in [-0.25, -0.2) is 0 Å². The predicted molar refractivity (Wildman–Crippen MR) is 76.3 cm³/mol. The van der Waals surface area contributed by atoms with Gasteiger partial charge >= 0.3 is 0 Å². The van der Waals surface area contributed by atoms with E-state index >= 15 is 0 Å². The van der Waals surface area contributed by atoms with E-state index in [4.69, 9.17) is 0 Å². The number of nitrogens with one attached hydrogen (secondary N) is 1. The zero-order valence-corrected chi connectivity index (χ0v) is 11.9. The van der Waals surface area contributed by atoms with Crippen LogP contribution in [0.15, 0.2) is 33.7 Å². The Morgan fingerprint density at radius 2 is 1.89 bits per heavy atom. The number of H-pyrrole nitrogens is 1. The fourth-order valence-corrected chi connectivity index (χ4v) is 2.32. The molecule has 0 spiro atoms. The maximum absolute atomic E-state index is 11.5. The van der Waals surface area contributed by atoms with E-state index in [1.807, 2.05) is 0 Å². The second-order valence-electron chi connectivity index (χ2n) is 4.18. The fraction of sp³-hybridized carbons (Fsp3) is 0.154. The Balaban J connectivity index is 2.73. The maximum atomic E-state index is 11.5. The summed E-state index contributed by atoms with van der Waals surface area (Å²) in [6.45, 7) is 3.50. The molecule has 19 heavy (non-hydrogen) atoms. The van der Waals surface area contributed by atoms with E-state index in [2.05, 4.69) is 20.9 Å². The van der Waals surface area contributed by atoms with Gasteiger partial charge in [0, 0.05) is 23.4 Å². The van der Waals surface area contributed by atoms with Crippen molar-refractivity contribution in [3.63, 3.8) is 0 Å². The van der Waals surface area contributed by atoms with Gasteiger partial charge in [0.15, 0.2) is 0 Å². The van der Waals surface area contributed by atoms with Gasteiger partial charge in [0.05, 0.1) is 9.40 Å². The van der Waals surface area contributed by atoms with Crippen LogP contribution in [0.5, 0.6) is 0 Å². The van der Waals surface area contributed by atoms with Gasteiger partial charge in [-0.05, 0) is 40.9 Å². The molecule has 1 aromatic carbocycles. The molecule has 0 atom stereocenters. The average Bonchev–Trinajstić information content (AvgIpc) is 2.37. The Kier molecular flexibility index (Phi) is 3.53. The first-order chi connectivity index (χ1) is 8.93. The highest BCUT2D eigenvalue weighted by molar-refractivity contribution is 9.10. The Labute approximate surface area is 117 Å². The molecule has 2 rings (SSSR count). The number of aromatic amines is 1. The Hall–Kier alpha value is -1.95. The lowest BCUT2D eigenvalue weighted by Gasteiger charge is -2.10. The molecule has 5 nitrogen and oxygen atoms in total. The lowest BCUT2D eigenvalue weighted by Crippen LogP contribution is -2.08. The topological polar surface area (TPSA) is 76.0 Å². The lowest BCUT2D eigenvalue weighted by atomic mass is 9.97. The summed E-state index contributed by atoms with van der Waals surface area (Å²) in [4.78, 5) is 24.6. The number of hydrogen-bond donors (Lipinski definition) is 1. The average molecular weight is 323 g/mol. The molecule has 0 saturated heterocycles. The second kappa shape index (κ2) is 4.97. The summed E-state index contributed by atoms with van der Waals surface area (Å²) in [5.74, 6) is 0. The Morgan fingerprint density at radius 3 is 2.53 bits per heavy atom. The van der Waals surface area contributed by atoms with Crippen molar-refractivity contribution in [3.8, 4) is 11.1 Å². The molecule has 1 heterocycles. The van der Waals surface area contributed by atoms with Gasteiger partial charge in [-0.1, -0.05) is 12.1 Å². The normalized spacial score (nSPS) is 10.5. The lowest BCUT2D eigenvalue weighted by molar-refractivity contribution is -0.385. The number of halogens is 1. The second-order valence-corrected chi connectivity index (χ2v) is 4.97. The van der Waals surface area contributed by atoms with Crippen LogP contribution in [0.3, 0.4) is 0 Å². The molecule has 0 aliphatic rings. The molecule has 1 aromatic heterocycles. The summed E-state index contributed by atoms with van der Waals surface area (Å²) in [5, 5.41) is 10.9. The zero-order valence-electron chi connectivity index (χ0n) is 10.4. The first kappa shape index (κ1) is 13.5. The molecule has 1 N–H and O–H groups in total. The first-order valence-electron chi connectivity index (χ1n) is 5.55. The SMILES string of the molecule is Cc1c(-c2c[nH]c(=O)c(Br)c2C)cccc1[N+](=O)[O-]. The Bertz CT molecular complexity index is 722. The van der Waals surface area contributed by atoms with E-state index < -0.39 is 4.92 Å². The minimum Gasteiger partial charge on any atom is -0.328 e. The third kappa shape index (κ3) is 2.31. The molecule has 0 amide bonds. The summed E-state index contributed by atoms with van der Waals surface area (Å²) in [5.41, 5.74) is 2.70. The molecule has 0 fully saturated rings. The summed E-state index contributed by atoms with van der Waals surface area (Å²) in [6, 6.07) is 4.91. The van der Waals surface area contributed by atoms with Crippen LogP contribution < -0.4 is 5.56 Å². The number of pyridine rings is 1. The zero-order chi connectivity index (χ0) is 14.2. The third-order valence-electron chi connectivity index (χ3n) is 3.07. The molecule has 0 saturated carbocycles. The smallest absolute Gasteiger partial charge is 0.272 e. The molecule has 0 unspecified atom stereocenters. The van der Waals surface area contributed by atoms with Crippen molar-refractivity contribution >= 4 is 21.6 Å². The predicted octanol–water partition coefficient (Wildman–Crippen LogP) is 3.33. The van der Waals surface area contributed by atoms with Gasteiger partial charge in [-0.3, -0.25) is 14.9 Å². The van der Waals surface area contributed by atoms with E-state index in [0.717, 1.165) is 16.7 Å². The number of nitrogens with zero attached hydrogens (tertiary/aromatic N) is 1. The van der Waals surface area contributed by atoms with Crippen molar-refractivity contribution in [1.82, 2.24) is 4.98 Å². The number of nitro benzene ring substituents is 1. The molecule has 0 radical (unpaired) electrons. The highest BCUT2D eigenvalue weighted by Gasteiger charge is 2.16. The standard InChI is InChI=1S/C13H11BrN2O3/c1-7-9(4-3-5-11(7)16(18)19)10-6-15-13(17)12(14)8(10)2/h3-6H,1-2H3,(H,15,17). The summed E-state index contributed by atoms with van der Waals surface area (Å²) < 4.78 is 0.441.